The van der Waals surface area contributed by atoms with Gasteiger partial charge in [0.1, 0.15) is 0 Å². The molecule has 3 aromatic carbocycles. The molecule has 6 heteroatoms. The fourth-order valence-electron chi connectivity index (χ4n) is 3.72. The zero-order valence-corrected chi connectivity index (χ0v) is 16.0. The van der Waals surface area contributed by atoms with Crippen LogP contribution in [0.15, 0.2) is 60.7 Å². The third-order valence-electron chi connectivity index (χ3n) is 4.86. The van der Waals surface area contributed by atoms with E-state index in [-0.39, 0.29) is 11.9 Å². The highest BCUT2D eigenvalue weighted by atomic mass is 32.2. The second-order valence-electron chi connectivity index (χ2n) is 6.97. The van der Waals surface area contributed by atoms with Gasteiger partial charge in [0.05, 0.1) is 11.9 Å². The van der Waals surface area contributed by atoms with Crippen LogP contribution in [0.3, 0.4) is 0 Å². The van der Waals surface area contributed by atoms with Crippen molar-refractivity contribution in [2.45, 2.75) is 19.4 Å². The summed E-state index contributed by atoms with van der Waals surface area (Å²) in [5.74, 6) is -0.210. The molecule has 0 spiro atoms. The number of carbonyl (C=O) groups is 1. The van der Waals surface area contributed by atoms with Crippen molar-refractivity contribution in [3.63, 3.8) is 0 Å². The van der Waals surface area contributed by atoms with Crippen molar-refractivity contribution in [1.29, 1.82) is 0 Å². The SMILES string of the molecule is C[C@H]1Cc2cc(C(=O)Nc3ccc4ccccc4c3)ccc2N1S(C)(=O)=O. The second-order valence-corrected chi connectivity index (χ2v) is 8.83. The van der Waals surface area contributed by atoms with Crippen LogP contribution in [0.2, 0.25) is 0 Å². The zero-order valence-electron chi connectivity index (χ0n) is 15.1. The van der Waals surface area contributed by atoms with Crippen LogP contribution in [0.4, 0.5) is 11.4 Å². The summed E-state index contributed by atoms with van der Waals surface area (Å²) in [5, 5.41) is 5.09. The van der Waals surface area contributed by atoms with E-state index < -0.39 is 10.0 Å². The summed E-state index contributed by atoms with van der Waals surface area (Å²) in [5.41, 5.74) is 2.78. The summed E-state index contributed by atoms with van der Waals surface area (Å²) in [6.45, 7) is 1.87. The maximum absolute atomic E-state index is 12.7. The number of nitrogens with one attached hydrogen (secondary N) is 1. The van der Waals surface area contributed by atoms with Crippen LogP contribution in [0.5, 0.6) is 0 Å². The number of rotatable bonds is 3. The number of amides is 1. The molecule has 138 valence electrons. The minimum Gasteiger partial charge on any atom is -0.322 e. The van der Waals surface area contributed by atoms with Gasteiger partial charge in [-0.05, 0) is 60.0 Å². The summed E-state index contributed by atoms with van der Waals surface area (Å²) < 4.78 is 25.5. The first-order valence-electron chi connectivity index (χ1n) is 8.75. The van der Waals surface area contributed by atoms with Crippen molar-refractivity contribution < 1.29 is 13.2 Å². The molecule has 0 radical (unpaired) electrons. The first-order chi connectivity index (χ1) is 12.8. The molecule has 0 unspecified atom stereocenters. The number of hydrogen-bond donors (Lipinski definition) is 1. The van der Waals surface area contributed by atoms with Crippen LogP contribution < -0.4 is 9.62 Å². The fraction of sp³-hybridized carbons (Fsp3) is 0.190. The van der Waals surface area contributed by atoms with Crippen molar-refractivity contribution in [3.05, 3.63) is 71.8 Å². The van der Waals surface area contributed by atoms with Gasteiger partial charge in [0.2, 0.25) is 10.0 Å². The van der Waals surface area contributed by atoms with E-state index in [1.807, 2.05) is 49.4 Å². The lowest BCUT2D eigenvalue weighted by atomic mass is 10.1. The maximum Gasteiger partial charge on any atom is 0.255 e. The van der Waals surface area contributed by atoms with Crippen molar-refractivity contribution in [1.82, 2.24) is 0 Å². The predicted molar refractivity (Wildman–Crippen MR) is 109 cm³/mol. The van der Waals surface area contributed by atoms with Crippen molar-refractivity contribution in [2.75, 3.05) is 15.9 Å². The Morgan fingerprint density at radius 3 is 2.52 bits per heavy atom. The molecule has 4 rings (SSSR count). The number of fused-ring (bicyclic) bond motifs is 2. The number of benzene rings is 3. The van der Waals surface area contributed by atoms with E-state index >= 15 is 0 Å². The van der Waals surface area contributed by atoms with Crippen LogP contribution in [0.1, 0.15) is 22.8 Å². The van der Waals surface area contributed by atoms with Crippen LogP contribution in [-0.2, 0) is 16.4 Å². The van der Waals surface area contributed by atoms with Crippen molar-refractivity contribution in [2.24, 2.45) is 0 Å². The Hall–Kier alpha value is -2.86. The molecular formula is C21H20N2O3S. The topological polar surface area (TPSA) is 66.5 Å². The van der Waals surface area contributed by atoms with Crippen LogP contribution in [0.25, 0.3) is 10.8 Å². The molecule has 0 aliphatic carbocycles. The smallest absolute Gasteiger partial charge is 0.255 e. The molecule has 3 aromatic rings. The third-order valence-corrected chi connectivity index (χ3v) is 6.13. The van der Waals surface area contributed by atoms with E-state index in [1.54, 1.807) is 18.2 Å². The minimum absolute atomic E-state index is 0.145. The lowest BCUT2D eigenvalue weighted by Crippen LogP contribution is -2.34. The van der Waals surface area contributed by atoms with Gasteiger partial charge >= 0.3 is 0 Å². The molecule has 0 saturated carbocycles. The highest BCUT2D eigenvalue weighted by Crippen LogP contribution is 2.34. The first kappa shape index (κ1) is 17.5. The van der Waals surface area contributed by atoms with Gasteiger partial charge in [0.15, 0.2) is 0 Å². The van der Waals surface area contributed by atoms with Gasteiger partial charge in [-0.2, -0.15) is 0 Å². The summed E-state index contributed by atoms with van der Waals surface area (Å²) in [7, 11) is -3.33. The average molecular weight is 380 g/mol. The quantitative estimate of drug-likeness (QED) is 0.751. The molecule has 5 nitrogen and oxygen atoms in total. The lowest BCUT2D eigenvalue weighted by Gasteiger charge is -2.21. The van der Waals surface area contributed by atoms with E-state index in [2.05, 4.69) is 5.32 Å². The lowest BCUT2D eigenvalue weighted by molar-refractivity contribution is 0.102. The molecule has 1 aliphatic rings. The zero-order chi connectivity index (χ0) is 19.2. The standard InChI is InChI=1S/C21H20N2O3S/c1-14-11-18-12-17(8-10-20(18)23(14)27(2,25)26)21(24)22-19-9-7-15-5-3-4-6-16(15)13-19/h3-10,12-14H,11H2,1-2H3,(H,22,24)/t14-/m0/s1. The Labute approximate surface area is 158 Å². The predicted octanol–water partition coefficient (Wildman–Crippen LogP) is 3.80. The van der Waals surface area contributed by atoms with Crippen LogP contribution in [-0.4, -0.2) is 26.6 Å². The van der Waals surface area contributed by atoms with E-state index in [0.717, 1.165) is 22.0 Å². The Balaban J connectivity index is 1.60. The molecule has 0 saturated heterocycles. The Kier molecular flexibility index (Phi) is 4.15. The molecule has 1 N–H and O–H groups in total. The van der Waals surface area contributed by atoms with Crippen LogP contribution in [0, 0.1) is 0 Å². The fourth-order valence-corrected chi connectivity index (χ4v) is 4.98. The first-order valence-corrected chi connectivity index (χ1v) is 10.6. The number of hydrogen-bond acceptors (Lipinski definition) is 3. The molecule has 1 heterocycles. The van der Waals surface area contributed by atoms with E-state index in [9.17, 15) is 13.2 Å². The number of anilines is 2. The molecule has 27 heavy (non-hydrogen) atoms. The maximum atomic E-state index is 12.7. The van der Waals surface area contributed by atoms with Gasteiger partial charge in [-0.3, -0.25) is 9.10 Å². The Bertz CT molecular complexity index is 1160. The van der Waals surface area contributed by atoms with Gasteiger partial charge < -0.3 is 5.32 Å². The monoisotopic (exact) mass is 380 g/mol. The molecular weight excluding hydrogens is 360 g/mol. The van der Waals surface area contributed by atoms with Crippen LogP contribution >= 0.6 is 0 Å². The van der Waals surface area contributed by atoms with Gasteiger partial charge in [-0.15, -0.1) is 0 Å². The normalized spacial score (nSPS) is 16.4. The number of nitrogens with zero attached hydrogens (tertiary/aromatic N) is 1. The highest BCUT2D eigenvalue weighted by molar-refractivity contribution is 7.92. The summed E-state index contributed by atoms with van der Waals surface area (Å²) in [6.07, 6.45) is 1.80. The van der Waals surface area contributed by atoms with Crippen molar-refractivity contribution in [3.8, 4) is 0 Å². The molecule has 1 aliphatic heterocycles. The number of carbonyl (C=O) groups excluding carboxylic acids is 1. The second kappa shape index (κ2) is 6.39. The molecule has 0 bridgehead atoms. The molecule has 0 aromatic heterocycles. The molecule has 1 amide bonds. The van der Waals surface area contributed by atoms with Gasteiger partial charge in [0, 0.05) is 17.3 Å². The van der Waals surface area contributed by atoms with E-state index in [1.165, 1.54) is 10.6 Å². The largest absolute Gasteiger partial charge is 0.322 e. The molecule has 0 fully saturated rings. The minimum atomic E-state index is -3.33. The van der Waals surface area contributed by atoms with Gasteiger partial charge in [-0.1, -0.05) is 30.3 Å². The van der Waals surface area contributed by atoms with Gasteiger partial charge in [-0.25, -0.2) is 8.42 Å². The van der Waals surface area contributed by atoms with Crippen molar-refractivity contribution >= 4 is 38.1 Å². The Morgan fingerprint density at radius 2 is 1.78 bits per heavy atom. The summed E-state index contributed by atoms with van der Waals surface area (Å²) in [6, 6.07) is 18.8. The van der Waals surface area contributed by atoms with E-state index in [4.69, 9.17) is 0 Å². The Morgan fingerprint density at radius 1 is 1.04 bits per heavy atom. The summed E-state index contributed by atoms with van der Waals surface area (Å²) in [4.78, 5) is 12.7. The number of sulfonamides is 1. The highest BCUT2D eigenvalue weighted by Gasteiger charge is 2.32. The van der Waals surface area contributed by atoms with Gasteiger partial charge in [0.25, 0.3) is 5.91 Å². The van der Waals surface area contributed by atoms with E-state index in [0.29, 0.717) is 17.7 Å². The summed E-state index contributed by atoms with van der Waals surface area (Å²) >= 11 is 0. The average Bonchev–Trinajstić information content (AvgIpc) is 2.96. The molecule has 1 atom stereocenters. The third kappa shape index (κ3) is 3.28.